The van der Waals surface area contributed by atoms with Crippen LogP contribution in [0.4, 0.5) is 11.4 Å². The fourth-order valence-corrected chi connectivity index (χ4v) is 1.76. The largest absolute Gasteiger partial charge is 0.484 e. The van der Waals surface area contributed by atoms with Gasteiger partial charge in [-0.25, -0.2) is 0 Å². The summed E-state index contributed by atoms with van der Waals surface area (Å²) in [5, 5.41) is 11.5. The number of hydrogen-bond donors (Lipinski definition) is 2. The fourth-order valence-electron chi connectivity index (χ4n) is 1.76. The highest BCUT2D eigenvalue weighted by atomic mass is 16.5. The molecule has 0 aliphatic heterocycles. The van der Waals surface area contributed by atoms with E-state index in [-0.39, 0.29) is 12.5 Å². The Kier molecular flexibility index (Phi) is 4.42. The van der Waals surface area contributed by atoms with Gasteiger partial charge in [-0.2, -0.15) is 5.26 Å². The van der Waals surface area contributed by atoms with E-state index in [4.69, 9.17) is 15.7 Å². The number of nitrogens with two attached hydrogens (primary N) is 1. The van der Waals surface area contributed by atoms with Gasteiger partial charge in [0.25, 0.3) is 5.91 Å². The molecule has 106 valence electrons. The van der Waals surface area contributed by atoms with Crippen molar-refractivity contribution < 1.29 is 9.53 Å². The fraction of sp³-hybridized carbons (Fsp3) is 0.125. The van der Waals surface area contributed by atoms with Crippen molar-refractivity contribution in [2.45, 2.75) is 6.92 Å². The molecule has 2 rings (SSSR count). The molecule has 0 aliphatic carbocycles. The Morgan fingerprint density at radius 2 is 2.14 bits per heavy atom. The van der Waals surface area contributed by atoms with Crippen molar-refractivity contribution in [1.82, 2.24) is 0 Å². The molecular formula is C16H15N3O2. The highest BCUT2D eigenvalue weighted by Gasteiger charge is 2.06. The van der Waals surface area contributed by atoms with Crippen molar-refractivity contribution in [3.05, 3.63) is 53.6 Å². The molecule has 0 atom stereocenters. The van der Waals surface area contributed by atoms with Crippen molar-refractivity contribution in [3.8, 4) is 11.8 Å². The molecule has 0 heterocycles. The quantitative estimate of drug-likeness (QED) is 0.843. The molecule has 1 amide bonds. The van der Waals surface area contributed by atoms with E-state index in [9.17, 15) is 4.79 Å². The van der Waals surface area contributed by atoms with Crippen LogP contribution in [0.3, 0.4) is 0 Å². The smallest absolute Gasteiger partial charge is 0.262 e. The third-order valence-electron chi connectivity index (χ3n) is 2.87. The number of nitriles is 1. The first-order chi connectivity index (χ1) is 10.1. The topological polar surface area (TPSA) is 88.1 Å². The molecule has 0 aromatic heterocycles. The maximum absolute atomic E-state index is 11.9. The number of amides is 1. The van der Waals surface area contributed by atoms with Gasteiger partial charge in [-0.05, 0) is 42.8 Å². The third-order valence-corrected chi connectivity index (χ3v) is 2.87. The van der Waals surface area contributed by atoms with E-state index in [1.807, 2.05) is 19.1 Å². The Morgan fingerprint density at radius 3 is 2.90 bits per heavy atom. The zero-order chi connectivity index (χ0) is 15.2. The van der Waals surface area contributed by atoms with Gasteiger partial charge in [0.1, 0.15) is 5.75 Å². The summed E-state index contributed by atoms with van der Waals surface area (Å²) < 4.78 is 5.36. The van der Waals surface area contributed by atoms with Crippen LogP contribution in [0.15, 0.2) is 42.5 Å². The molecule has 3 N–H and O–H groups in total. The average Bonchev–Trinajstić information content (AvgIpc) is 2.49. The number of anilines is 2. The lowest BCUT2D eigenvalue weighted by molar-refractivity contribution is -0.118. The Labute approximate surface area is 123 Å². The minimum Gasteiger partial charge on any atom is -0.484 e. The van der Waals surface area contributed by atoms with E-state index in [1.165, 1.54) is 0 Å². The van der Waals surface area contributed by atoms with Gasteiger partial charge in [-0.1, -0.05) is 12.1 Å². The monoisotopic (exact) mass is 281 g/mol. The van der Waals surface area contributed by atoms with E-state index in [0.29, 0.717) is 22.7 Å². The molecule has 21 heavy (non-hydrogen) atoms. The molecular weight excluding hydrogens is 266 g/mol. The predicted molar refractivity (Wildman–Crippen MR) is 80.9 cm³/mol. The number of carbonyl (C=O) groups is 1. The first kappa shape index (κ1) is 14.4. The summed E-state index contributed by atoms with van der Waals surface area (Å²) in [5.74, 6) is 0.194. The van der Waals surface area contributed by atoms with Crippen molar-refractivity contribution in [1.29, 1.82) is 5.26 Å². The van der Waals surface area contributed by atoms with Crippen LogP contribution in [0, 0.1) is 18.3 Å². The number of nitrogen functional groups attached to an aromatic ring is 1. The van der Waals surface area contributed by atoms with Crippen molar-refractivity contribution >= 4 is 17.3 Å². The third kappa shape index (κ3) is 3.98. The SMILES string of the molecule is Cc1ccc(N)cc1NC(=O)COc1cccc(C#N)c1. The Balaban J connectivity index is 1.96. The maximum atomic E-state index is 11.9. The zero-order valence-electron chi connectivity index (χ0n) is 11.6. The van der Waals surface area contributed by atoms with E-state index in [0.717, 1.165) is 5.56 Å². The Hall–Kier alpha value is -3.00. The number of nitrogens with zero attached hydrogens (tertiary/aromatic N) is 1. The summed E-state index contributed by atoms with van der Waals surface area (Å²) in [6.07, 6.45) is 0. The standard InChI is InChI=1S/C16H15N3O2/c1-11-5-6-13(18)8-15(11)19-16(20)10-21-14-4-2-3-12(7-14)9-17/h2-8H,10,18H2,1H3,(H,19,20). The lowest BCUT2D eigenvalue weighted by Gasteiger charge is -2.10. The second-order valence-corrected chi connectivity index (χ2v) is 4.55. The van der Waals surface area contributed by atoms with Gasteiger partial charge in [0, 0.05) is 11.4 Å². The number of benzene rings is 2. The number of ether oxygens (including phenoxy) is 1. The summed E-state index contributed by atoms with van der Waals surface area (Å²) in [4.78, 5) is 11.9. The van der Waals surface area contributed by atoms with Crippen LogP contribution in [0.2, 0.25) is 0 Å². The van der Waals surface area contributed by atoms with Gasteiger partial charge in [0.15, 0.2) is 6.61 Å². The number of carbonyl (C=O) groups excluding carboxylic acids is 1. The van der Waals surface area contributed by atoms with Crippen LogP contribution in [-0.2, 0) is 4.79 Å². The molecule has 0 unspecified atom stereocenters. The molecule has 0 bridgehead atoms. The summed E-state index contributed by atoms with van der Waals surface area (Å²) in [6.45, 7) is 1.75. The van der Waals surface area contributed by atoms with Crippen LogP contribution < -0.4 is 15.8 Å². The van der Waals surface area contributed by atoms with E-state index in [1.54, 1.807) is 36.4 Å². The van der Waals surface area contributed by atoms with Crippen molar-refractivity contribution in [2.75, 3.05) is 17.7 Å². The first-order valence-electron chi connectivity index (χ1n) is 6.37. The van der Waals surface area contributed by atoms with Gasteiger partial charge in [0.2, 0.25) is 0 Å². The molecule has 0 radical (unpaired) electrons. The van der Waals surface area contributed by atoms with Gasteiger partial charge >= 0.3 is 0 Å². The van der Waals surface area contributed by atoms with Gasteiger partial charge in [-0.15, -0.1) is 0 Å². The maximum Gasteiger partial charge on any atom is 0.262 e. The number of rotatable bonds is 4. The number of nitrogens with one attached hydrogen (secondary N) is 1. The summed E-state index contributed by atoms with van der Waals surface area (Å²) in [5.41, 5.74) is 8.34. The van der Waals surface area contributed by atoms with E-state index < -0.39 is 0 Å². The molecule has 0 fully saturated rings. The lowest BCUT2D eigenvalue weighted by atomic mass is 10.2. The first-order valence-corrected chi connectivity index (χ1v) is 6.37. The lowest BCUT2D eigenvalue weighted by Crippen LogP contribution is -2.20. The van der Waals surface area contributed by atoms with E-state index in [2.05, 4.69) is 5.32 Å². The minimum atomic E-state index is -0.286. The second kappa shape index (κ2) is 6.44. The van der Waals surface area contributed by atoms with Crippen LogP contribution in [0.5, 0.6) is 5.75 Å². The number of aryl methyl sites for hydroxylation is 1. The van der Waals surface area contributed by atoms with Crippen molar-refractivity contribution in [2.24, 2.45) is 0 Å². The molecule has 0 aliphatic rings. The highest BCUT2D eigenvalue weighted by molar-refractivity contribution is 5.93. The van der Waals surface area contributed by atoms with Crippen molar-refractivity contribution in [3.63, 3.8) is 0 Å². The Morgan fingerprint density at radius 1 is 1.33 bits per heavy atom. The zero-order valence-corrected chi connectivity index (χ0v) is 11.6. The summed E-state index contributed by atoms with van der Waals surface area (Å²) >= 11 is 0. The number of hydrogen-bond acceptors (Lipinski definition) is 4. The molecule has 2 aromatic carbocycles. The molecule has 0 saturated heterocycles. The second-order valence-electron chi connectivity index (χ2n) is 4.55. The highest BCUT2D eigenvalue weighted by Crippen LogP contribution is 2.18. The molecule has 5 nitrogen and oxygen atoms in total. The van der Waals surface area contributed by atoms with E-state index >= 15 is 0 Å². The van der Waals surface area contributed by atoms with Crippen LogP contribution in [0.1, 0.15) is 11.1 Å². The van der Waals surface area contributed by atoms with Gasteiger partial charge < -0.3 is 15.8 Å². The van der Waals surface area contributed by atoms with Crippen LogP contribution in [-0.4, -0.2) is 12.5 Å². The minimum absolute atomic E-state index is 0.136. The predicted octanol–water partition coefficient (Wildman–Crippen LogP) is 2.47. The molecule has 2 aromatic rings. The molecule has 0 saturated carbocycles. The van der Waals surface area contributed by atoms with Crippen LogP contribution in [0.25, 0.3) is 0 Å². The molecule has 0 spiro atoms. The summed E-state index contributed by atoms with van der Waals surface area (Å²) in [6, 6.07) is 14.0. The summed E-state index contributed by atoms with van der Waals surface area (Å²) in [7, 11) is 0. The van der Waals surface area contributed by atoms with Gasteiger partial charge in [0.05, 0.1) is 11.6 Å². The normalized spacial score (nSPS) is 9.71. The Bertz CT molecular complexity index is 705. The average molecular weight is 281 g/mol. The van der Waals surface area contributed by atoms with Crippen LogP contribution >= 0.6 is 0 Å². The molecule has 5 heteroatoms. The van der Waals surface area contributed by atoms with Gasteiger partial charge in [-0.3, -0.25) is 4.79 Å².